The van der Waals surface area contributed by atoms with Gasteiger partial charge in [0, 0.05) is 23.4 Å². The fourth-order valence-electron chi connectivity index (χ4n) is 1.59. The Morgan fingerprint density at radius 2 is 2.35 bits per heavy atom. The van der Waals surface area contributed by atoms with Crippen molar-refractivity contribution in [2.75, 3.05) is 6.54 Å². The van der Waals surface area contributed by atoms with Crippen molar-refractivity contribution in [1.82, 2.24) is 14.7 Å². The Labute approximate surface area is 111 Å². The van der Waals surface area contributed by atoms with Gasteiger partial charge in [-0.3, -0.25) is 4.40 Å². The number of thiazole rings is 1. The van der Waals surface area contributed by atoms with Crippen LogP contribution in [0.15, 0.2) is 16.6 Å². The molecule has 2 rings (SSSR count). The highest BCUT2D eigenvalue weighted by Crippen LogP contribution is 2.29. The number of hydrogen-bond donors (Lipinski definition) is 1. The van der Waals surface area contributed by atoms with Crippen LogP contribution in [-0.2, 0) is 6.54 Å². The van der Waals surface area contributed by atoms with Crippen LogP contribution in [0.3, 0.4) is 0 Å². The van der Waals surface area contributed by atoms with E-state index in [1.165, 1.54) is 17.1 Å². The predicted octanol–water partition coefficient (Wildman–Crippen LogP) is 3.40. The van der Waals surface area contributed by atoms with Crippen LogP contribution >= 0.6 is 23.1 Å². The molecule has 2 aromatic heterocycles. The topological polar surface area (TPSA) is 29.3 Å². The van der Waals surface area contributed by atoms with Gasteiger partial charge < -0.3 is 5.32 Å². The summed E-state index contributed by atoms with van der Waals surface area (Å²) in [5.74, 6) is 0. The molecule has 0 saturated carbocycles. The van der Waals surface area contributed by atoms with Crippen LogP contribution in [0.25, 0.3) is 4.96 Å². The first-order valence-electron chi connectivity index (χ1n) is 6.08. The van der Waals surface area contributed by atoms with Gasteiger partial charge in [-0.15, -0.1) is 23.1 Å². The largest absolute Gasteiger partial charge is 0.311 e. The molecule has 1 unspecified atom stereocenters. The van der Waals surface area contributed by atoms with Crippen LogP contribution < -0.4 is 5.32 Å². The van der Waals surface area contributed by atoms with Gasteiger partial charge >= 0.3 is 0 Å². The Kier molecular flexibility index (Phi) is 4.48. The normalized spacial score (nSPS) is 13.4. The van der Waals surface area contributed by atoms with Crippen molar-refractivity contribution in [1.29, 1.82) is 0 Å². The molecule has 17 heavy (non-hydrogen) atoms. The van der Waals surface area contributed by atoms with Crippen LogP contribution in [0.5, 0.6) is 0 Å². The van der Waals surface area contributed by atoms with E-state index >= 15 is 0 Å². The zero-order valence-electron chi connectivity index (χ0n) is 10.6. The number of aromatic nitrogens is 2. The molecule has 5 heteroatoms. The average molecular weight is 269 g/mol. The van der Waals surface area contributed by atoms with E-state index in [-0.39, 0.29) is 0 Å². The van der Waals surface area contributed by atoms with Crippen molar-refractivity contribution in [3.63, 3.8) is 0 Å². The van der Waals surface area contributed by atoms with E-state index in [2.05, 4.69) is 42.1 Å². The molecule has 2 aromatic rings. The Bertz CT molecular complexity index is 475. The molecule has 1 N–H and O–H groups in total. The molecule has 1 atom stereocenters. The molecule has 0 aliphatic rings. The summed E-state index contributed by atoms with van der Waals surface area (Å²) in [7, 11) is 0. The first kappa shape index (κ1) is 12.9. The van der Waals surface area contributed by atoms with E-state index in [1.807, 2.05) is 11.8 Å². The zero-order chi connectivity index (χ0) is 12.3. The second-order valence-electron chi connectivity index (χ2n) is 4.04. The van der Waals surface area contributed by atoms with Crippen LogP contribution in [0.1, 0.15) is 32.9 Å². The summed E-state index contributed by atoms with van der Waals surface area (Å²) >= 11 is 3.59. The zero-order valence-corrected chi connectivity index (χ0v) is 12.2. The van der Waals surface area contributed by atoms with Crippen LogP contribution in [0.2, 0.25) is 0 Å². The minimum absolute atomic E-state index is 0.625. The molecule has 0 aromatic carbocycles. The summed E-state index contributed by atoms with van der Waals surface area (Å²) < 4.78 is 2.21. The minimum atomic E-state index is 0.625. The second-order valence-corrected chi connectivity index (χ2v) is 6.34. The Morgan fingerprint density at radius 3 is 3.06 bits per heavy atom. The molecule has 0 aliphatic carbocycles. The molecule has 0 amide bonds. The predicted molar refractivity (Wildman–Crippen MR) is 76.1 cm³/mol. The van der Waals surface area contributed by atoms with Gasteiger partial charge in [-0.1, -0.05) is 20.8 Å². The lowest BCUT2D eigenvalue weighted by atomic mass is 10.4. The maximum Gasteiger partial charge on any atom is 0.194 e. The maximum atomic E-state index is 4.72. The van der Waals surface area contributed by atoms with Crippen molar-refractivity contribution in [3.05, 3.63) is 17.3 Å². The van der Waals surface area contributed by atoms with E-state index in [4.69, 9.17) is 4.98 Å². The van der Waals surface area contributed by atoms with Crippen molar-refractivity contribution in [2.24, 2.45) is 0 Å². The first-order chi connectivity index (χ1) is 8.26. The molecule has 0 spiro atoms. The molecule has 2 heterocycles. The number of fused-ring (bicyclic) bond motifs is 1. The van der Waals surface area contributed by atoms with Gasteiger partial charge in [0.2, 0.25) is 0 Å². The number of hydrogen-bond acceptors (Lipinski definition) is 4. The van der Waals surface area contributed by atoms with Crippen LogP contribution in [0.4, 0.5) is 0 Å². The third kappa shape index (κ3) is 2.84. The summed E-state index contributed by atoms with van der Waals surface area (Å²) in [5.41, 5.74) is 1.30. The quantitative estimate of drug-likeness (QED) is 0.815. The fraction of sp³-hybridized carbons (Fsp3) is 0.583. The molecule has 3 nitrogen and oxygen atoms in total. The maximum absolute atomic E-state index is 4.72. The lowest BCUT2D eigenvalue weighted by Crippen LogP contribution is -2.14. The number of imidazole rings is 1. The Balaban J connectivity index is 2.28. The van der Waals surface area contributed by atoms with E-state index in [0.717, 1.165) is 18.1 Å². The molecule has 0 fully saturated rings. The molecular weight excluding hydrogens is 250 g/mol. The molecule has 0 saturated heterocycles. The highest BCUT2D eigenvalue weighted by Gasteiger charge is 2.15. The lowest BCUT2D eigenvalue weighted by Gasteiger charge is -2.08. The molecule has 0 radical (unpaired) electrons. The smallest absolute Gasteiger partial charge is 0.194 e. The van der Waals surface area contributed by atoms with Crippen molar-refractivity contribution >= 4 is 28.1 Å². The second kappa shape index (κ2) is 5.89. The Hall–Kier alpha value is -0.520. The van der Waals surface area contributed by atoms with Gasteiger partial charge in [-0.25, -0.2) is 4.98 Å². The molecule has 0 bridgehead atoms. The van der Waals surface area contributed by atoms with E-state index in [9.17, 15) is 0 Å². The number of nitrogens with one attached hydrogen (secondary N) is 1. The third-order valence-corrected chi connectivity index (χ3v) is 4.80. The SMILES string of the molecule is CCNCc1c(SC(C)CC)nc2sccn12. The van der Waals surface area contributed by atoms with E-state index < -0.39 is 0 Å². The standard InChI is InChI=1S/C12H19N3S2/c1-4-9(3)17-11-10(8-13-5-2)15-6-7-16-12(15)14-11/h6-7,9,13H,4-5,8H2,1-3H3. The van der Waals surface area contributed by atoms with Crippen LogP contribution in [-0.4, -0.2) is 21.2 Å². The minimum Gasteiger partial charge on any atom is -0.311 e. The first-order valence-corrected chi connectivity index (χ1v) is 7.84. The highest BCUT2D eigenvalue weighted by atomic mass is 32.2. The summed E-state index contributed by atoms with van der Waals surface area (Å²) in [4.78, 5) is 5.82. The Morgan fingerprint density at radius 1 is 1.53 bits per heavy atom. The number of nitrogens with zero attached hydrogens (tertiary/aromatic N) is 2. The summed E-state index contributed by atoms with van der Waals surface area (Å²) in [6.45, 7) is 8.50. The summed E-state index contributed by atoms with van der Waals surface area (Å²) in [6, 6.07) is 0. The summed E-state index contributed by atoms with van der Waals surface area (Å²) in [5, 5.41) is 7.30. The molecule has 94 valence electrons. The molecule has 0 aliphatic heterocycles. The van der Waals surface area contributed by atoms with Gasteiger partial charge in [0.1, 0.15) is 5.03 Å². The summed E-state index contributed by atoms with van der Waals surface area (Å²) in [6.07, 6.45) is 3.29. The highest BCUT2D eigenvalue weighted by molar-refractivity contribution is 7.99. The van der Waals surface area contributed by atoms with Crippen molar-refractivity contribution in [2.45, 2.75) is 44.0 Å². The number of rotatable bonds is 6. The van der Waals surface area contributed by atoms with Crippen molar-refractivity contribution < 1.29 is 0 Å². The van der Waals surface area contributed by atoms with Gasteiger partial charge in [-0.2, -0.15) is 0 Å². The van der Waals surface area contributed by atoms with Gasteiger partial charge in [0.15, 0.2) is 4.96 Å². The van der Waals surface area contributed by atoms with Gasteiger partial charge in [0.05, 0.1) is 5.69 Å². The molecular formula is C12H19N3S2. The van der Waals surface area contributed by atoms with Crippen molar-refractivity contribution in [3.8, 4) is 0 Å². The van der Waals surface area contributed by atoms with Gasteiger partial charge in [-0.05, 0) is 13.0 Å². The lowest BCUT2D eigenvalue weighted by molar-refractivity contribution is 0.694. The average Bonchev–Trinajstić information content (AvgIpc) is 2.87. The monoisotopic (exact) mass is 269 g/mol. The van der Waals surface area contributed by atoms with Gasteiger partial charge in [0.25, 0.3) is 0 Å². The van der Waals surface area contributed by atoms with E-state index in [1.54, 1.807) is 11.3 Å². The van der Waals surface area contributed by atoms with Crippen LogP contribution in [0, 0.1) is 0 Å². The fourth-order valence-corrected chi connectivity index (χ4v) is 3.37. The third-order valence-electron chi connectivity index (χ3n) is 2.75. The van der Waals surface area contributed by atoms with E-state index in [0.29, 0.717) is 5.25 Å². The number of thioether (sulfide) groups is 1.